The molecule has 2 aromatic heterocycles. The molecule has 3 rings (SSSR count). The molecule has 8 heteroatoms. The lowest BCUT2D eigenvalue weighted by Crippen LogP contribution is -2.09. The number of benzene rings is 1. The quantitative estimate of drug-likeness (QED) is 0.404. The number of hydrogen-bond donors (Lipinski definition) is 2. The Kier molecular flexibility index (Phi) is 8.45. The molecule has 0 amide bonds. The summed E-state index contributed by atoms with van der Waals surface area (Å²) in [6.07, 6.45) is 2.05. The Morgan fingerprint density at radius 2 is 1.66 bits per heavy atom. The van der Waals surface area contributed by atoms with Gasteiger partial charge in [0, 0.05) is 18.8 Å². The van der Waals surface area contributed by atoms with Crippen molar-refractivity contribution < 1.29 is 9.05 Å². The first-order valence-corrected chi connectivity index (χ1v) is 11.0. The summed E-state index contributed by atoms with van der Waals surface area (Å²) >= 11 is 1.82. The number of rotatable bonds is 13. The normalized spacial score (nSPS) is 11.1. The van der Waals surface area contributed by atoms with Crippen molar-refractivity contribution in [1.29, 1.82) is 0 Å². The van der Waals surface area contributed by atoms with Crippen molar-refractivity contribution in [3.05, 3.63) is 59.5 Å². The summed E-state index contributed by atoms with van der Waals surface area (Å²) in [4.78, 5) is 2.10. The van der Waals surface area contributed by atoms with Crippen LogP contribution in [0, 0.1) is 0 Å². The number of aromatic nitrogens is 2. The number of nitrogens with one attached hydrogen (secondary N) is 2. The van der Waals surface area contributed by atoms with E-state index < -0.39 is 0 Å². The van der Waals surface area contributed by atoms with E-state index in [4.69, 9.17) is 9.05 Å². The first-order valence-electron chi connectivity index (χ1n) is 9.85. The molecule has 0 unspecified atom stereocenters. The average molecular weight is 416 g/mol. The maximum atomic E-state index is 5.82. The summed E-state index contributed by atoms with van der Waals surface area (Å²) in [7, 11) is 4.07. The molecule has 0 radical (unpaired) electrons. The highest BCUT2D eigenvalue weighted by Gasteiger charge is 2.09. The largest absolute Gasteiger partial charge is 0.464 e. The number of thioether (sulfide) groups is 1. The van der Waals surface area contributed by atoms with Gasteiger partial charge in [-0.2, -0.15) is 11.8 Å². The smallest absolute Gasteiger partial charge is 0.215 e. The number of nitrogens with zero attached hydrogens (tertiary/aromatic N) is 3. The molecule has 29 heavy (non-hydrogen) atoms. The lowest BCUT2D eigenvalue weighted by molar-refractivity contribution is 0.310. The van der Waals surface area contributed by atoms with Gasteiger partial charge in [-0.15, -0.1) is 0 Å². The summed E-state index contributed by atoms with van der Waals surface area (Å²) in [5.41, 5.74) is 1.34. The van der Waals surface area contributed by atoms with Crippen molar-refractivity contribution in [3.8, 4) is 0 Å². The lowest BCUT2D eigenvalue weighted by Gasteiger charge is -2.06. The van der Waals surface area contributed by atoms with Gasteiger partial charge in [0.05, 0.1) is 12.3 Å². The maximum absolute atomic E-state index is 5.82. The minimum atomic E-state index is 0.663. The van der Waals surface area contributed by atoms with Crippen LogP contribution in [0.5, 0.6) is 0 Å². The average Bonchev–Trinajstić information content (AvgIpc) is 3.35. The number of anilines is 2. The van der Waals surface area contributed by atoms with E-state index in [0.717, 1.165) is 55.5 Å². The van der Waals surface area contributed by atoms with E-state index in [9.17, 15) is 0 Å². The van der Waals surface area contributed by atoms with Gasteiger partial charge in [-0.3, -0.25) is 0 Å². The van der Waals surface area contributed by atoms with Gasteiger partial charge in [0.2, 0.25) is 11.6 Å². The lowest BCUT2D eigenvalue weighted by atomic mass is 10.1. The summed E-state index contributed by atoms with van der Waals surface area (Å²) < 4.78 is 10.7. The molecule has 0 spiro atoms. The molecule has 1 aromatic carbocycles. The van der Waals surface area contributed by atoms with Crippen molar-refractivity contribution >= 4 is 23.4 Å². The zero-order valence-corrected chi connectivity index (χ0v) is 17.9. The number of furan rings is 1. The molecule has 0 aliphatic rings. The van der Waals surface area contributed by atoms with Crippen LogP contribution in [0.1, 0.15) is 23.5 Å². The zero-order chi connectivity index (χ0) is 20.3. The van der Waals surface area contributed by atoms with E-state index >= 15 is 0 Å². The second kappa shape index (κ2) is 11.5. The van der Waals surface area contributed by atoms with Gasteiger partial charge in [-0.05, 0) is 54.9 Å². The second-order valence-corrected chi connectivity index (χ2v) is 8.17. The molecule has 0 bridgehead atoms. The van der Waals surface area contributed by atoms with Gasteiger partial charge < -0.3 is 20.0 Å². The van der Waals surface area contributed by atoms with Crippen LogP contribution in [0.15, 0.2) is 51.5 Å². The molecular weight excluding hydrogens is 386 g/mol. The van der Waals surface area contributed by atoms with Crippen LogP contribution < -0.4 is 10.6 Å². The third-order valence-corrected chi connectivity index (χ3v) is 5.22. The van der Waals surface area contributed by atoms with E-state index in [1.807, 2.05) is 38.0 Å². The highest BCUT2D eigenvalue weighted by Crippen LogP contribution is 2.18. The Balaban J connectivity index is 1.30. The maximum Gasteiger partial charge on any atom is 0.215 e. The van der Waals surface area contributed by atoms with E-state index in [2.05, 4.69) is 56.2 Å². The first kappa shape index (κ1) is 21.3. The van der Waals surface area contributed by atoms with Crippen molar-refractivity contribution in [2.75, 3.05) is 43.6 Å². The van der Waals surface area contributed by atoms with Gasteiger partial charge >= 0.3 is 0 Å². The van der Waals surface area contributed by atoms with E-state index in [0.29, 0.717) is 11.6 Å². The van der Waals surface area contributed by atoms with Crippen LogP contribution in [-0.4, -0.2) is 48.2 Å². The van der Waals surface area contributed by atoms with Crippen LogP contribution >= 0.6 is 11.8 Å². The Morgan fingerprint density at radius 3 is 2.41 bits per heavy atom. The first-order chi connectivity index (χ1) is 14.2. The Hall–Kier alpha value is -2.45. The second-order valence-electron chi connectivity index (χ2n) is 7.06. The molecule has 3 aromatic rings. The Morgan fingerprint density at radius 1 is 0.931 bits per heavy atom. The fraction of sp³-hybridized carbons (Fsp3) is 0.429. The number of aryl methyl sites for hydroxylation is 1. The van der Waals surface area contributed by atoms with E-state index in [1.54, 1.807) is 0 Å². The van der Waals surface area contributed by atoms with Crippen LogP contribution in [0.3, 0.4) is 0 Å². The minimum absolute atomic E-state index is 0.663. The van der Waals surface area contributed by atoms with Crippen LogP contribution in [-0.2, 0) is 18.7 Å². The van der Waals surface area contributed by atoms with E-state index in [1.165, 1.54) is 5.56 Å². The van der Waals surface area contributed by atoms with Gasteiger partial charge in [-0.1, -0.05) is 30.3 Å². The molecule has 0 aliphatic carbocycles. The third-order valence-electron chi connectivity index (χ3n) is 4.24. The molecule has 0 saturated carbocycles. The Labute approximate surface area is 176 Å². The monoisotopic (exact) mass is 415 g/mol. The molecular formula is C21H29N5O2S. The molecule has 0 fully saturated rings. The fourth-order valence-electron chi connectivity index (χ4n) is 2.88. The third kappa shape index (κ3) is 7.47. The summed E-state index contributed by atoms with van der Waals surface area (Å²) in [5, 5.41) is 14.5. The molecule has 0 aliphatic heterocycles. The number of hydrogen-bond acceptors (Lipinski definition) is 8. The summed E-state index contributed by atoms with van der Waals surface area (Å²) in [6, 6.07) is 14.6. The molecule has 0 atom stereocenters. The van der Waals surface area contributed by atoms with Crippen molar-refractivity contribution in [1.82, 2.24) is 15.2 Å². The fourth-order valence-corrected chi connectivity index (χ4v) is 3.62. The van der Waals surface area contributed by atoms with E-state index in [-0.39, 0.29) is 0 Å². The molecule has 2 N–H and O–H groups in total. The van der Waals surface area contributed by atoms with Gasteiger partial charge in [0.15, 0.2) is 0 Å². The predicted molar refractivity (Wildman–Crippen MR) is 118 cm³/mol. The topological polar surface area (TPSA) is 79.4 Å². The molecule has 0 saturated heterocycles. The van der Waals surface area contributed by atoms with Gasteiger partial charge in [-0.25, -0.2) is 4.63 Å². The van der Waals surface area contributed by atoms with Crippen LogP contribution in [0.25, 0.3) is 0 Å². The SMILES string of the molecule is CN(C)Cc1ccc(CSCCNc2nonc2NCCCc2ccccc2)o1. The van der Waals surface area contributed by atoms with Gasteiger partial charge in [0.1, 0.15) is 11.5 Å². The predicted octanol–water partition coefficient (Wildman–Crippen LogP) is 4.11. The molecule has 2 heterocycles. The molecule has 7 nitrogen and oxygen atoms in total. The molecule has 156 valence electrons. The van der Waals surface area contributed by atoms with Crippen molar-refractivity contribution in [2.24, 2.45) is 0 Å². The van der Waals surface area contributed by atoms with Crippen molar-refractivity contribution in [3.63, 3.8) is 0 Å². The minimum Gasteiger partial charge on any atom is -0.464 e. The summed E-state index contributed by atoms with van der Waals surface area (Å²) in [5.74, 6) is 5.14. The standard InChI is InChI=1S/C21H29N5O2S/c1-26(2)15-18-10-11-19(27-18)16-29-14-13-23-21-20(24-28-25-21)22-12-6-9-17-7-4-3-5-8-17/h3-5,7-8,10-11H,6,9,12-16H2,1-2H3,(H,22,24)(H,23,25). The highest BCUT2D eigenvalue weighted by molar-refractivity contribution is 7.98. The van der Waals surface area contributed by atoms with Crippen LogP contribution in [0.2, 0.25) is 0 Å². The van der Waals surface area contributed by atoms with Crippen LogP contribution in [0.4, 0.5) is 11.6 Å². The van der Waals surface area contributed by atoms with Crippen molar-refractivity contribution in [2.45, 2.75) is 25.1 Å². The Bertz CT molecular complexity index is 834. The van der Waals surface area contributed by atoms with Gasteiger partial charge in [0.25, 0.3) is 0 Å². The highest BCUT2D eigenvalue weighted by atomic mass is 32.2. The summed E-state index contributed by atoms with van der Waals surface area (Å²) in [6.45, 7) is 2.43. The zero-order valence-electron chi connectivity index (χ0n) is 17.1.